The van der Waals surface area contributed by atoms with Crippen LogP contribution in [0.3, 0.4) is 0 Å². The lowest BCUT2D eigenvalue weighted by atomic mass is 9.56. The highest BCUT2D eigenvalue weighted by Crippen LogP contribution is 2.43. The fourth-order valence-electron chi connectivity index (χ4n) is 3.56. The molecule has 0 spiro atoms. The standard InChI is InChI=1S/C19H25BN2O2/c1-2-3-9-19(20,18(23)24)17-7-10-22(11-8-17)14-16-6-4-5-15(12-16)13-21/h4-6,12,17H,2-3,7-11,14H2,1H3,(H,23,24). The van der Waals surface area contributed by atoms with Crippen LogP contribution in [0.5, 0.6) is 0 Å². The second-order valence-corrected chi connectivity index (χ2v) is 6.81. The van der Waals surface area contributed by atoms with Gasteiger partial charge in [-0.3, -0.25) is 9.69 Å². The average molecular weight is 324 g/mol. The number of unbranched alkanes of at least 4 members (excludes halogenated alkanes) is 1. The van der Waals surface area contributed by atoms with Gasteiger partial charge >= 0.3 is 5.97 Å². The van der Waals surface area contributed by atoms with Gasteiger partial charge in [-0.1, -0.05) is 31.9 Å². The van der Waals surface area contributed by atoms with Crippen molar-refractivity contribution < 1.29 is 9.90 Å². The summed E-state index contributed by atoms with van der Waals surface area (Å²) in [7, 11) is 6.28. The summed E-state index contributed by atoms with van der Waals surface area (Å²) < 4.78 is 0. The fraction of sp³-hybridized carbons (Fsp3) is 0.579. The molecule has 1 unspecified atom stereocenters. The van der Waals surface area contributed by atoms with Crippen molar-refractivity contribution in [1.29, 1.82) is 5.26 Å². The molecule has 5 heteroatoms. The molecule has 1 saturated heterocycles. The van der Waals surface area contributed by atoms with Crippen molar-refractivity contribution in [1.82, 2.24) is 4.90 Å². The zero-order chi connectivity index (χ0) is 17.6. The van der Waals surface area contributed by atoms with E-state index in [4.69, 9.17) is 13.1 Å². The van der Waals surface area contributed by atoms with Crippen LogP contribution in [0.4, 0.5) is 0 Å². The highest BCUT2D eigenvalue weighted by Gasteiger charge is 2.41. The topological polar surface area (TPSA) is 64.3 Å². The van der Waals surface area contributed by atoms with Crippen LogP contribution in [0.15, 0.2) is 24.3 Å². The summed E-state index contributed by atoms with van der Waals surface area (Å²) in [6.07, 6.45) is 3.98. The Balaban J connectivity index is 1.94. The first-order valence-corrected chi connectivity index (χ1v) is 8.73. The van der Waals surface area contributed by atoms with Crippen molar-refractivity contribution in [3.05, 3.63) is 35.4 Å². The van der Waals surface area contributed by atoms with E-state index in [1.807, 2.05) is 18.2 Å². The zero-order valence-electron chi connectivity index (χ0n) is 14.4. The van der Waals surface area contributed by atoms with Gasteiger partial charge in [0.2, 0.25) is 0 Å². The van der Waals surface area contributed by atoms with Crippen molar-refractivity contribution in [2.45, 2.75) is 50.9 Å². The molecule has 2 radical (unpaired) electrons. The van der Waals surface area contributed by atoms with E-state index in [0.29, 0.717) is 12.0 Å². The molecule has 1 aromatic carbocycles. The first kappa shape index (κ1) is 18.5. The Hall–Kier alpha value is -1.80. The van der Waals surface area contributed by atoms with E-state index in [0.717, 1.165) is 50.9 Å². The van der Waals surface area contributed by atoms with Crippen molar-refractivity contribution >= 4 is 13.8 Å². The maximum Gasteiger partial charge on any atom is 0.300 e. The molecule has 0 aliphatic carbocycles. The van der Waals surface area contributed by atoms with Gasteiger partial charge in [0.1, 0.15) is 0 Å². The molecule has 1 atom stereocenters. The third-order valence-electron chi connectivity index (χ3n) is 5.12. The van der Waals surface area contributed by atoms with E-state index in [-0.39, 0.29) is 5.92 Å². The third-order valence-corrected chi connectivity index (χ3v) is 5.12. The summed E-state index contributed by atoms with van der Waals surface area (Å²) in [5, 5.41) is 17.5. The summed E-state index contributed by atoms with van der Waals surface area (Å²) in [5.74, 6) is -0.834. The van der Waals surface area contributed by atoms with Gasteiger partial charge in [0.05, 0.1) is 19.5 Å². The molecule has 1 aliphatic heterocycles. The van der Waals surface area contributed by atoms with Crippen molar-refractivity contribution in [2.24, 2.45) is 5.92 Å². The Labute approximate surface area is 145 Å². The SMILES string of the molecule is [B]C(CCCC)(C(=O)O)C1CCN(Cc2cccc(C#N)c2)CC1. The van der Waals surface area contributed by atoms with Gasteiger partial charge in [0.15, 0.2) is 0 Å². The lowest BCUT2D eigenvalue weighted by Gasteiger charge is -2.40. The summed E-state index contributed by atoms with van der Waals surface area (Å²) in [5.41, 5.74) is 1.80. The number of likely N-dealkylation sites (tertiary alicyclic amines) is 1. The quantitative estimate of drug-likeness (QED) is 0.781. The van der Waals surface area contributed by atoms with Crippen LogP contribution in [-0.2, 0) is 11.3 Å². The van der Waals surface area contributed by atoms with Crippen LogP contribution in [0, 0.1) is 17.2 Å². The number of rotatable bonds is 7. The number of aliphatic carboxylic acids is 1. The Bertz CT molecular complexity index is 606. The number of carbonyl (C=O) groups is 1. The lowest BCUT2D eigenvalue weighted by Crippen LogP contribution is -2.41. The molecule has 1 N–H and O–H groups in total. The number of hydrogen-bond acceptors (Lipinski definition) is 3. The minimum absolute atomic E-state index is 0.0308. The molecule has 1 fully saturated rings. The van der Waals surface area contributed by atoms with Crippen molar-refractivity contribution in [3.63, 3.8) is 0 Å². The minimum Gasteiger partial charge on any atom is -0.481 e. The van der Waals surface area contributed by atoms with Crippen LogP contribution >= 0.6 is 0 Å². The van der Waals surface area contributed by atoms with Crippen LogP contribution in [-0.4, -0.2) is 36.9 Å². The van der Waals surface area contributed by atoms with Gasteiger partial charge in [0.25, 0.3) is 0 Å². The lowest BCUT2D eigenvalue weighted by molar-refractivity contribution is -0.143. The number of piperidine rings is 1. The predicted octanol–water partition coefficient (Wildman–Crippen LogP) is 3.37. The number of benzene rings is 1. The van der Waals surface area contributed by atoms with E-state index in [9.17, 15) is 9.90 Å². The third kappa shape index (κ3) is 4.39. The molecule has 4 nitrogen and oxygen atoms in total. The molecule has 1 aromatic rings. The minimum atomic E-state index is -1.09. The van der Waals surface area contributed by atoms with Gasteiger partial charge < -0.3 is 5.11 Å². The Morgan fingerprint density at radius 3 is 2.75 bits per heavy atom. The van der Waals surface area contributed by atoms with E-state index < -0.39 is 11.3 Å². The fourth-order valence-corrected chi connectivity index (χ4v) is 3.56. The zero-order valence-corrected chi connectivity index (χ0v) is 14.4. The average Bonchev–Trinajstić information content (AvgIpc) is 2.60. The largest absolute Gasteiger partial charge is 0.481 e. The number of carboxylic acid groups (broad SMARTS) is 1. The molecular formula is C19H25BN2O2. The first-order chi connectivity index (χ1) is 11.5. The van der Waals surface area contributed by atoms with E-state index in [1.165, 1.54) is 0 Å². The van der Waals surface area contributed by atoms with Gasteiger partial charge in [-0.2, -0.15) is 5.26 Å². The highest BCUT2D eigenvalue weighted by molar-refractivity contribution is 6.26. The Morgan fingerprint density at radius 1 is 1.46 bits per heavy atom. The molecule has 0 bridgehead atoms. The van der Waals surface area contributed by atoms with E-state index >= 15 is 0 Å². The predicted molar refractivity (Wildman–Crippen MR) is 94.8 cm³/mol. The number of nitriles is 1. The molecule has 24 heavy (non-hydrogen) atoms. The van der Waals surface area contributed by atoms with Crippen LogP contribution in [0.1, 0.15) is 50.2 Å². The highest BCUT2D eigenvalue weighted by atomic mass is 16.4. The van der Waals surface area contributed by atoms with Gasteiger partial charge in [-0.15, -0.1) is 0 Å². The van der Waals surface area contributed by atoms with Crippen molar-refractivity contribution in [2.75, 3.05) is 13.1 Å². The first-order valence-electron chi connectivity index (χ1n) is 8.73. The summed E-state index contributed by atoms with van der Waals surface area (Å²) in [6.45, 7) is 4.54. The summed E-state index contributed by atoms with van der Waals surface area (Å²) in [4.78, 5) is 14.0. The summed E-state index contributed by atoms with van der Waals surface area (Å²) in [6, 6.07) is 9.81. The van der Waals surface area contributed by atoms with Crippen LogP contribution in [0.25, 0.3) is 0 Å². The monoisotopic (exact) mass is 324 g/mol. The molecule has 1 aliphatic rings. The molecule has 0 aromatic heterocycles. The van der Waals surface area contributed by atoms with Crippen LogP contribution < -0.4 is 0 Å². The second kappa shape index (κ2) is 8.35. The maximum atomic E-state index is 11.7. The van der Waals surface area contributed by atoms with Gasteiger partial charge in [0, 0.05) is 11.9 Å². The molecule has 0 amide bonds. The number of hydrogen-bond donors (Lipinski definition) is 1. The normalized spacial score (nSPS) is 18.7. The summed E-state index contributed by atoms with van der Waals surface area (Å²) >= 11 is 0. The van der Waals surface area contributed by atoms with Crippen molar-refractivity contribution in [3.8, 4) is 6.07 Å². The molecule has 2 rings (SSSR count). The van der Waals surface area contributed by atoms with Gasteiger partial charge in [-0.25, -0.2) is 0 Å². The number of nitrogens with zero attached hydrogens (tertiary/aromatic N) is 2. The molecule has 126 valence electrons. The second-order valence-electron chi connectivity index (χ2n) is 6.81. The maximum absolute atomic E-state index is 11.7. The van der Waals surface area contributed by atoms with E-state index in [1.54, 1.807) is 6.07 Å². The number of carboxylic acids is 1. The Kier molecular flexibility index (Phi) is 6.45. The smallest absolute Gasteiger partial charge is 0.300 e. The molecular weight excluding hydrogens is 299 g/mol. The Morgan fingerprint density at radius 2 is 2.17 bits per heavy atom. The molecule has 1 heterocycles. The van der Waals surface area contributed by atoms with Crippen LogP contribution in [0.2, 0.25) is 5.31 Å². The molecule has 0 saturated carbocycles. The van der Waals surface area contributed by atoms with Gasteiger partial charge in [-0.05, 0) is 56.0 Å². The van der Waals surface area contributed by atoms with E-state index in [2.05, 4.69) is 17.9 Å².